The summed E-state index contributed by atoms with van der Waals surface area (Å²) < 4.78 is 13.5. The Morgan fingerprint density at radius 3 is 2.95 bits per heavy atom. The Hall–Kier alpha value is -2.67. The molecule has 1 unspecified atom stereocenters. The van der Waals surface area contributed by atoms with Crippen LogP contribution in [0.15, 0.2) is 23.3 Å². The lowest BCUT2D eigenvalue weighted by atomic mass is 10.1. The van der Waals surface area contributed by atoms with E-state index in [0.717, 1.165) is 12.1 Å². The predicted molar refractivity (Wildman–Crippen MR) is 67.5 cm³/mol. The Balaban J connectivity index is 2.20. The van der Waals surface area contributed by atoms with E-state index in [2.05, 4.69) is 10.0 Å². The molecular weight excluding hydrogens is 269 g/mol. The van der Waals surface area contributed by atoms with Gasteiger partial charge < -0.3 is 4.90 Å². The maximum Gasteiger partial charge on any atom is 0.304 e. The molecule has 0 saturated carbocycles. The molecule has 1 atom stereocenters. The van der Waals surface area contributed by atoms with Crippen LogP contribution in [0, 0.1) is 21.8 Å². The molecule has 20 heavy (non-hydrogen) atoms. The van der Waals surface area contributed by atoms with Crippen LogP contribution in [0.25, 0.3) is 10.4 Å². The molecule has 0 aromatic heterocycles. The number of carbonyl (C=O) groups is 1. The molecule has 9 heteroatoms. The van der Waals surface area contributed by atoms with E-state index in [4.69, 9.17) is 5.53 Å². The molecule has 0 N–H and O–H groups in total. The molecule has 0 spiro atoms. The molecule has 8 nitrogen and oxygen atoms in total. The number of amides is 1. The summed E-state index contributed by atoms with van der Waals surface area (Å²) in [7, 11) is 0. The summed E-state index contributed by atoms with van der Waals surface area (Å²) in [6, 6.07) is 3.32. The molecule has 1 aliphatic heterocycles. The fourth-order valence-electron chi connectivity index (χ4n) is 2.12. The Bertz CT molecular complexity index is 614. The minimum atomic E-state index is -0.987. The molecule has 0 bridgehead atoms. The van der Waals surface area contributed by atoms with Crippen molar-refractivity contribution in [3.8, 4) is 0 Å². The van der Waals surface area contributed by atoms with Crippen LogP contribution in [0.1, 0.15) is 6.42 Å². The van der Waals surface area contributed by atoms with Crippen LogP contribution in [0.5, 0.6) is 0 Å². The highest BCUT2D eigenvalue weighted by Crippen LogP contribution is 2.28. The Morgan fingerprint density at radius 2 is 2.35 bits per heavy atom. The molecule has 0 radical (unpaired) electrons. The van der Waals surface area contributed by atoms with Gasteiger partial charge in [-0.05, 0) is 17.5 Å². The van der Waals surface area contributed by atoms with Crippen LogP contribution in [-0.2, 0) is 4.79 Å². The number of hydrogen-bond donors (Lipinski definition) is 0. The third-order valence-electron chi connectivity index (χ3n) is 3.05. The number of hydrogen-bond acceptors (Lipinski definition) is 4. The van der Waals surface area contributed by atoms with E-state index in [9.17, 15) is 19.3 Å². The fraction of sp³-hybridized carbons (Fsp3) is 0.364. The van der Waals surface area contributed by atoms with Crippen molar-refractivity contribution in [1.82, 2.24) is 0 Å². The average Bonchev–Trinajstić information content (AvgIpc) is 2.77. The fourth-order valence-corrected chi connectivity index (χ4v) is 2.12. The monoisotopic (exact) mass is 279 g/mol. The lowest BCUT2D eigenvalue weighted by molar-refractivity contribution is -0.387. The molecular formula is C11H10FN5O3. The second kappa shape index (κ2) is 5.54. The number of halogens is 1. The number of benzene rings is 1. The van der Waals surface area contributed by atoms with Gasteiger partial charge in [-0.2, -0.15) is 4.39 Å². The summed E-state index contributed by atoms with van der Waals surface area (Å²) in [5.41, 5.74) is 7.87. The minimum Gasteiger partial charge on any atom is -0.312 e. The molecule has 1 aromatic carbocycles. The van der Waals surface area contributed by atoms with Crippen LogP contribution in [0.4, 0.5) is 15.8 Å². The summed E-state index contributed by atoms with van der Waals surface area (Å²) >= 11 is 0. The van der Waals surface area contributed by atoms with E-state index < -0.39 is 16.4 Å². The molecule has 1 amide bonds. The summed E-state index contributed by atoms with van der Waals surface area (Å²) in [5.74, 6) is -1.34. The summed E-state index contributed by atoms with van der Waals surface area (Å²) in [4.78, 5) is 25.5. The van der Waals surface area contributed by atoms with Gasteiger partial charge in [0.15, 0.2) is 0 Å². The zero-order chi connectivity index (χ0) is 14.7. The number of rotatable bonds is 4. The normalized spacial score (nSPS) is 17.9. The summed E-state index contributed by atoms with van der Waals surface area (Å²) in [5, 5.41) is 13.9. The number of nitro groups is 1. The van der Waals surface area contributed by atoms with Gasteiger partial charge in [0.1, 0.15) is 0 Å². The maximum atomic E-state index is 13.5. The molecule has 1 aliphatic rings. The van der Waals surface area contributed by atoms with Gasteiger partial charge in [-0.1, -0.05) is 5.11 Å². The maximum absolute atomic E-state index is 13.5. The van der Waals surface area contributed by atoms with Gasteiger partial charge in [0.05, 0.1) is 4.92 Å². The number of anilines is 1. The van der Waals surface area contributed by atoms with Crippen LogP contribution in [0.3, 0.4) is 0 Å². The van der Waals surface area contributed by atoms with Crippen LogP contribution in [-0.4, -0.2) is 23.9 Å². The van der Waals surface area contributed by atoms with Gasteiger partial charge in [-0.25, -0.2) is 0 Å². The number of carbonyl (C=O) groups excluding carboxylic acids is 1. The highest BCUT2D eigenvalue weighted by atomic mass is 19.1. The molecule has 1 heterocycles. The number of nitro benzene ring substituents is 1. The van der Waals surface area contributed by atoms with Crippen molar-refractivity contribution in [2.24, 2.45) is 11.0 Å². The third kappa shape index (κ3) is 2.67. The zero-order valence-electron chi connectivity index (χ0n) is 10.3. The van der Waals surface area contributed by atoms with Crippen molar-refractivity contribution >= 4 is 17.3 Å². The molecule has 1 saturated heterocycles. The average molecular weight is 279 g/mol. The van der Waals surface area contributed by atoms with Gasteiger partial charge in [-0.15, -0.1) is 0 Å². The second-order valence-electron chi connectivity index (χ2n) is 4.38. The molecule has 2 rings (SSSR count). The highest BCUT2D eigenvalue weighted by Gasteiger charge is 2.31. The molecule has 1 fully saturated rings. The standard InChI is InChI=1S/C11H10FN5O3/c12-9-4-8(1-2-10(9)17(19)20)16-6-7(3-11(16)18)5-14-15-13/h1-2,4,7H,3,5-6H2. The van der Waals surface area contributed by atoms with Crippen molar-refractivity contribution in [2.75, 3.05) is 18.0 Å². The van der Waals surface area contributed by atoms with E-state index in [1.807, 2.05) is 0 Å². The SMILES string of the molecule is [N-]=[N+]=NCC1CC(=O)N(c2ccc([N+](=O)[O-])c(F)c2)C1. The Kier molecular flexibility index (Phi) is 3.81. The van der Waals surface area contributed by atoms with Crippen molar-refractivity contribution < 1.29 is 14.1 Å². The van der Waals surface area contributed by atoms with Crippen molar-refractivity contribution in [1.29, 1.82) is 0 Å². The van der Waals surface area contributed by atoms with Gasteiger partial charge in [0.2, 0.25) is 11.7 Å². The lowest BCUT2D eigenvalue weighted by Gasteiger charge is -2.16. The number of nitrogens with zero attached hydrogens (tertiary/aromatic N) is 5. The van der Waals surface area contributed by atoms with E-state index in [1.165, 1.54) is 11.0 Å². The summed E-state index contributed by atoms with van der Waals surface area (Å²) in [6.07, 6.45) is 0.206. The Morgan fingerprint density at radius 1 is 1.60 bits per heavy atom. The first-order valence-electron chi connectivity index (χ1n) is 5.78. The van der Waals surface area contributed by atoms with Gasteiger partial charge in [-0.3, -0.25) is 14.9 Å². The van der Waals surface area contributed by atoms with Gasteiger partial charge >= 0.3 is 5.69 Å². The quantitative estimate of drug-likeness (QED) is 0.277. The summed E-state index contributed by atoms with van der Waals surface area (Å²) in [6.45, 7) is 0.489. The number of azide groups is 1. The largest absolute Gasteiger partial charge is 0.312 e. The Labute approximate surface area is 112 Å². The van der Waals surface area contributed by atoms with E-state index in [1.54, 1.807) is 0 Å². The smallest absolute Gasteiger partial charge is 0.304 e. The predicted octanol–water partition coefficient (Wildman–Crippen LogP) is 2.40. The van der Waals surface area contributed by atoms with Gasteiger partial charge in [0.25, 0.3) is 0 Å². The van der Waals surface area contributed by atoms with E-state index >= 15 is 0 Å². The lowest BCUT2D eigenvalue weighted by Crippen LogP contribution is -2.24. The van der Waals surface area contributed by atoms with E-state index in [-0.39, 0.29) is 30.5 Å². The van der Waals surface area contributed by atoms with Crippen molar-refractivity contribution in [2.45, 2.75) is 6.42 Å². The van der Waals surface area contributed by atoms with Crippen molar-refractivity contribution in [3.05, 3.63) is 44.6 Å². The third-order valence-corrected chi connectivity index (χ3v) is 3.05. The zero-order valence-corrected chi connectivity index (χ0v) is 10.3. The first kappa shape index (κ1) is 13.8. The molecule has 104 valence electrons. The van der Waals surface area contributed by atoms with Crippen molar-refractivity contribution in [3.63, 3.8) is 0 Å². The van der Waals surface area contributed by atoms with Crippen LogP contribution < -0.4 is 4.90 Å². The minimum absolute atomic E-state index is 0.128. The second-order valence-corrected chi connectivity index (χ2v) is 4.38. The van der Waals surface area contributed by atoms with Gasteiger partial charge in [0, 0.05) is 42.2 Å². The van der Waals surface area contributed by atoms with Crippen LogP contribution in [0.2, 0.25) is 0 Å². The highest BCUT2D eigenvalue weighted by molar-refractivity contribution is 5.95. The van der Waals surface area contributed by atoms with E-state index in [0.29, 0.717) is 6.54 Å². The first-order chi connectivity index (χ1) is 9.52. The topological polar surface area (TPSA) is 112 Å². The molecule has 0 aliphatic carbocycles. The van der Waals surface area contributed by atoms with Crippen LogP contribution >= 0.6 is 0 Å². The molecule has 1 aromatic rings. The first-order valence-corrected chi connectivity index (χ1v) is 5.78.